The minimum Gasteiger partial charge on any atom is -0.460 e. The third-order valence-corrected chi connectivity index (χ3v) is 5.13. The highest BCUT2D eigenvalue weighted by molar-refractivity contribution is 8.01. The molecule has 80 valence electrons. The van der Waals surface area contributed by atoms with Gasteiger partial charge in [0, 0.05) is 23.3 Å². The second-order valence-electron chi connectivity index (χ2n) is 4.91. The van der Waals surface area contributed by atoms with Gasteiger partial charge in [0.25, 0.3) is 0 Å². The quantitative estimate of drug-likeness (QED) is 0.661. The van der Waals surface area contributed by atoms with E-state index in [1.165, 1.54) is 26.2 Å². The van der Waals surface area contributed by atoms with Gasteiger partial charge in [-0.3, -0.25) is 4.79 Å². The fourth-order valence-corrected chi connectivity index (χ4v) is 4.80. The summed E-state index contributed by atoms with van der Waals surface area (Å²) in [6.07, 6.45) is 3.91. The summed E-state index contributed by atoms with van der Waals surface area (Å²) in [6.45, 7) is 5.61. The smallest absolute Gasteiger partial charge is 0.303 e. The van der Waals surface area contributed by atoms with Gasteiger partial charge in [0.15, 0.2) is 0 Å². The second-order valence-corrected chi connectivity index (χ2v) is 6.46. The standard InChI is InChI=1S/C11H18O2S/c1-7(12)13-11(2,3)9-6-8-4-5-10(9)14-8/h8-10H,4-6H2,1-3H3. The van der Waals surface area contributed by atoms with Gasteiger partial charge in [0.05, 0.1) is 0 Å². The van der Waals surface area contributed by atoms with Crippen molar-refractivity contribution in [3.63, 3.8) is 0 Å². The van der Waals surface area contributed by atoms with Crippen molar-refractivity contribution >= 4 is 17.7 Å². The van der Waals surface area contributed by atoms with Crippen molar-refractivity contribution in [2.75, 3.05) is 0 Å². The summed E-state index contributed by atoms with van der Waals surface area (Å²) < 4.78 is 5.42. The van der Waals surface area contributed by atoms with E-state index in [-0.39, 0.29) is 11.6 Å². The summed E-state index contributed by atoms with van der Waals surface area (Å²) in [5.74, 6) is 0.415. The average molecular weight is 214 g/mol. The first-order chi connectivity index (χ1) is 6.49. The number of esters is 1. The largest absolute Gasteiger partial charge is 0.460 e. The van der Waals surface area contributed by atoms with Crippen LogP contribution in [0.25, 0.3) is 0 Å². The van der Waals surface area contributed by atoms with Gasteiger partial charge >= 0.3 is 5.97 Å². The van der Waals surface area contributed by atoms with E-state index < -0.39 is 0 Å². The van der Waals surface area contributed by atoms with Crippen LogP contribution in [0.15, 0.2) is 0 Å². The van der Waals surface area contributed by atoms with Crippen molar-refractivity contribution in [2.45, 2.75) is 56.1 Å². The fraction of sp³-hybridized carbons (Fsp3) is 0.909. The monoisotopic (exact) mass is 214 g/mol. The van der Waals surface area contributed by atoms with Crippen LogP contribution in [-0.4, -0.2) is 22.1 Å². The molecule has 0 aromatic heterocycles. The highest BCUT2D eigenvalue weighted by Gasteiger charge is 2.48. The first-order valence-electron chi connectivity index (χ1n) is 5.34. The van der Waals surface area contributed by atoms with Gasteiger partial charge in [0.2, 0.25) is 0 Å². The molecule has 0 saturated carbocycles. The lowest BCUT2D eigenvalue weighted by atomic mass is 9.79. The maximum atomic E-state index is 11.0. The molecule has 0 spiro atoms. The molecule has 3 heteroatoms. The second kappa shape index (κ2) is 3.44. The Hall–Kier alpha value is -0.180. The third-order valence-electron chi connectivity index (χ3n) is 3.41. The van der Waals surface area contributed by atoms with Gasteiger partial charge in [-0.05, 0) is 33.1 Å². The van der Waals surface area contributed by atoms with Gasteiger partial charge in [-0.2, -0.15) is 11.8 Å². The summed E-state index contributed by atoms with van der Waals surface area (Å²) >= 11 is 2.10. The zero-order valence-electron chi connectivity index (χ0n) is 9.08. The summed E-state index contributed by atoms with van der Waals surface area (Å²) in [5, 5.41) is 1.56. The Kier molecular flexibility index (Phi) is 2.54. The van der Waals surface area contributed by atoms with Crippen molar-refractivity contribution in [1.29, 1.82) is 0 Å². The van der Waals surface area contributed by atoms with Gasteiger partial charge in [-0.1, -0.05) is 0 Å². The van der Waals surface area contributed by atoms with Gasteiger partial charge < -0.3 is 4.74 Å². The predicted octanol–water partition coefficient (Wildman–Crippen LogP) is 2.61. The van der Waals surface area contributed by atoms with Gasteiger partial charge in [-0.15, -0.1) is 0 Å². The molecule has 3 atom stereocenters. The van der Waals surface area contributed by atoms with Crippen LogP contribution in [0.4, 0.5) is 0 Å². The maximum Gasteiger partial charge on any atom is 0.303 e. The molecule has 2 aliphatic heterocycles. The first kappa shape index (κ1) is 10.3. The Morgan fingerprint density at radius 2 is 2.14 bits per heavy atom. The lowest BCUT2D eigenvalue weighted by Gasteiger charge is -2.35. The van der Waals surface area contributed by atoms with Crippen LogP contribution in [0.3, 0.4) is 0 Å². The molecule has 2 heterocycles. The van der Waals surface area contributed by atoms with Crippen molar-refractivity contribution in [3.8, 4) is 0 Å². The summed E-state index contributed by atoms with van der Waals surface area (Å²) in [7, 11) is 0. The molecule has 0 radical (unpaired) electrons. The molecule has 3 unspecified atom stereocenters. The van der Waals surface area contributed by atoms with Crippen LogP contribution in [0.2, 0.25) is 0 Å². The number of ether oxygens (including phenoxy) is 1. The molecule has 2 fully saturated rings. The Morgan fingerprint density at radius 1 is 1.43 bits per heavy atom. The molecule has 14 heavy (non-hydrogen) atoms. The summed E-state index contributed by atoms with van der Waals surface area (Å²) in [5.41, 5.74) is -0.265. The predicted molar refractivity (Wildman–Crippen MR) is 58.4 cm³/mol. The van der Waals surface area contributed by atoms with E-state index in [0.29, 0.717) is 5.92 Å². The van der Waals surface area contributed by atoms with Gasteiger partial charge in [-0.25, -0.2) is 0 Å². The third kappa shape index (κ3) is 1.79. The molecule has 0 N–H and O–H groups in total. The molecule has 2 nitrogen and oxygen atoms in total. The highest BCUT2D eigenvalue weighted by Crippen LogP contribution is 2.53. The molecular weight excluding hydrogens is 196 g/mol. The summed E-state index contributed by atoms with van der Waals surface area (Å²) in [6, 6.07) is 0. The number of thioether (sulfide) groups is 1. The van der Waals surface area contributed by atoms with Crippen molar-refractivity contribution < 1.29 is 9.53 Å². The van der Waals surface area contributed by atoms with E-state index in [2.05, 4.69) is 25.6 Å². The number of carbonyl (C=O) groups is 1. The van der Waals surface area contributed by atoms with Gasteiger partial charge in [0.1, 0.15) is 5.60 Å². The zero-order chi connectivity index (χ0) is 10.3. The van der Waals surface area contributed by atoms with E-state index in [4.69, 9.17) is 4.74 Å². The van der Waals surface area contributed by atoms with E-state index in [9.17, 15) is 4.79 Å². The van der Waals surface area contributed by atoms with Crippen LogP contribution in [0.5, 0.6) is 0 Å². The number of carbonyl (C=O) groups excluding carboxylic acids is 1. The molecule has 0 aromatic carbocycles. The molecule has 2 aliphatic rings. The van der Waals surface area contributed by atoms with Crippen molar-refractivity contribution in [2.24, 2.45) is 5.92 Å². The average Bonchev–Trinajstić information content (AvgIpc) is 2.60. The highest BCUT2D eigenvalue weighted by atomic mass is 32.2. The molecule has 2 saturated heterocycles. The first-order valence-corrected chi connectivity index (χ1v) is 6.28. The Bertz CT molecular complexity index is 250. The minimum absolute atomic E-state index is 0.150. The lowest BCUT2D eigenvalue weighted by molar-refractivity contribution is -0.159. The Balaban J connectivity index is 2.03. The maximum absolute atomic E-state index is 11.0. The van der Waals surface area contributed by atoms with Crippen LogP contribution >= 0.6 is 11.8 Å². The van der Waals surface area contributed by atoms with Crippen LogP contribution in [-0.2, 0) is 9.53 Å². The number of rotatable bonds is 2. The number of hydrogen-bond donors (Lipinski definition) is 0. The zero-order valence-corrected chi connectivity index (χ0v) is 9.89. The Labute approximate surface area is 89.8 Å². The molecule has 2 rings (SSSR count). The van der Waals surface area contributed by atoms with Crippen LogP contribution < -0.4 is 0 Å². The molecule has 2 bridgehead atoms. The topological polar surface area (TPSA) is 26.3 Å². The number of hydrogen-bond acceptors (Lipinski definition) is 3. The molecule has 0 aliphatic carbocycles. The molecule has 0 aromatic rings. The van der Waals surface area contributed by atoms with E-state index in [0.717, 1.165) is 10.5 Å². The van der Waals surface area contributed by atoms with E-state index in [1.54, 1.807) is 0 Å². The lowest BCUT2D eigenvalue weighted by Crippen LogP contribution is -2.40. The van der Waals surface area contributed by atoms with Crippen molar-refractivity contribution in [3.05, 3.63) is 0 Å². The van der Waals surface area contributed by atoms with E-state index >= 15 is 0 Å². The molecular formula is C11H18O2S. The minimum atomic E-state index is -0.265. The van der Waals surface area contributed by atoms with Crippen LogP contribution in [0, 0.1) is 5.92 Å². The normalized spacial score (nSPS) is 36.1. The fourth-order valence-electron chi connectivity index (χ4n) is 2.82. The van der Waals surface area contributed by atoms with E-state index in [1.807, 2.05) is 0 Å². The number of fused-ring (bicyclic) bond motifs is 2. The summed E-state index contributed by atoms with van der Waals surface area (Å²) in [4.78, 5) is 11.0. The SMILES string of the molecule is CC(=O)OC(C)(C)C1CC2CCC1S2. The van der Waals surface area contributed by atoms with Crippen molar-refractivity contribution in [1.82, 2.24) is 0 Å². The Morgan fingerprint density at radius 3 is 2.57 bits per heavy atom. The van der Waals surface area contributed by atoms with Crippen LogP contribution in [0.1, 0.15) is 40.0 Å². The molecule has 0 amide bonds.